The standard InChI is InChI=1S/C23H25N5O4/c1-4-30-18(29)7-10-28-9-6-14-11-15(13-24-21(14)28)20-25-22(32-27-20)19-16-5-8-23(2,3)12-17(16)31-26-19/h6,9,11,13H,4-5,7-8,10,12H2,1-3H3. The van der Waals surface area contributed by atoms with Crippen LogP contribution in [0.4, 0.5) is 0 Å². The largest absolute Gasteiger partial charge is 0.466 e. The fourth-order valence-corrected chi connectivity index (χ4v) is 4.16. The van der Waals surface area contributed by atoms with Crippen molar-refractivity contribution in [2.75, 3.05) is 6.61 Å². The van der Waals surface area contributed by atoms with Gasteiger partial charge in [0.1, 0.15) is 11.4 Å². The first-order valence-corrected chi connectivity index (χ1v) is 10.9. The Hall–Kier alpha value is -3.49. The van der Waals surface area contributed by atoms with E-state index in [0.29, 0.717) is 37.0 Å². The Morgan fingerprint density at radius 1 is 1.28 bits per heavy atom. The Morgan fingerprint density at radius 2 is 2.16 bits per heavy atom. The number of carbonyl (C=O) groups excluding carboxylic acids is 1. The summed E-state index contributed by atoms with van der Waals surface area (Å²) in [6, 6.07) is 3.91. The molecule has 9 nitrogen and oxygen atoms in total. The molecule has 0 N–H and O–H groups in total. The maximum Gasteiger partial charge on any atom is 0.307 e. The van der Waals surface area contributed by atoms with Crippen molar-refractivity contribution < 1.29 is 18.6 Å². The Kier molecular flexibility index (Phi) is 5.03. The van der Waals surface area contributed by atoms with E-state index in [1.807, 2.05) is 22.9 Å². The number of aryl methyl sites for hydroxylation is 1. The maximum atomic E-state index is 11.6. The highest BCUT2D eigenvalue weighted by atomic mass is 16.5. The van der Waals surface area contributed by atoms with E-state index in [4.69, 9.17) is 13.8 Å². The zero-order chi connectivity index (χ0) is 22.3. The minimum atomic E-state index is -0.219. The van der Waals surface area contributed by atoms with E-state index in [9.17, 15) is 4.79 Å². The van der Waals surface area contributed by atoms with Crippen molar-refractivity contribution in [3.8, 4) is 23.0 Å². The highest BCUT2D eigenvalue weighted by molar-refractivity contribution is 5.81. The molecule has 1 aliphatic carbocycles. The summed E-state index contributed by atoms with van der Waals surface area (Å²) < 4.78 is 18.0. The number of ether oxygens (including phenoxy) is 1. The summed E-state index contributed by atoms with van der Waals surface area (Å²) in [7, 11) is 0. The van der Waals surface area contributed by atoms with E-state index in [2.05, 4.69) is 34.1 Å². The van der Waals surface area contributed by atoms with E-state index < -0.39 is 0 Å². The number of hydrogen-bond acceptors (Lipinski definition) is 8. The second-order valence-electron chi connectivity index (χ2n) is 8.90. The lowest BCUT2D eigenvalue weighted by atomic mass is 9.77. The average Bonchev–Trinajstić information content (AvgIpc) is 3.49. The quantitative estimate of drug-likeness (QED) is 0.414. The predicted octanol–water partition coefficient (Wildman–Crippen LogP) is 4.21. The van der Waals surface area contributed by atoms with Crippen LogP contribution in [-0.2, 0) is 28.9 Å². The van der Waals surface area contributed by atoms with Gasteiger partial charge in [-0.25, -0.2) is 4.98 Å². The minimum absolute atomic E-state index is 0.206. The van der Waals surface area contributed by atoms with Gasteiger partial charge in [-0.15, -0.1) is 0 Å². The van der Waals surface area contributed by atoms with Crippen molar-refractivity contribution in [3.63, 3.8) is 0 Å². The number of fused-ring (bicyclic) bond motifs is 2. The molecule has 166 valence electrons. The number of rotatable bonds is 6. The molecule has 32 heavy (non-hydrogen) atoms. The molecule has 0 spiro atoms. The van der Waals surface area contributed by atoms with Crippen molar-refractivity contribution in [2.24, 2.45) is 5.41 Å². The molecule has 0 aromatic carbocycles. The maximum absolute atomic E-state index is 11.6. The van der Waals surface area contributed by atoms with Crippen LogP contribution in [0.1, 0.15) is 44.9 Å². The van der Waals surface area contributed by atoms with Crippen LogP contribution in [0.2, 0.25) is 0 Å². The van der Waals surface area contributed by atoms with Gasteiger partial charge in [-0.3, -0.25) is 4.79 Å². The number of esters is 1. The molecule has 0 saturated carbocycles. The molecule has 0 bridgehead atoms. The minimum Gasteiger partial charge on any atom is -0.466 e. The molecular weight excluding hydrogens is 410 g/mol. The van der Waals surface area contributed by atoms with Gasteiger partial charge >= 0.3 is 5.97 Å². The molecule has 5 rings (SSSR count). The van der Waals surface area contributed by atoms with Gasteiger partial charge in [-0.2, -0.15) is 4.98 Å². The monoisotopic (exact) mass is 435 g/mol. The molecule has 0 saturated heterocycles. The van der Waals surface area contributed by atoms with Gasteiger partial charge < -0.3 is 18.4 Å². The Bertz CT molecular complexity index is 1280. The Balaban J connectivity index is 1.37. The van der Waals surface area contributed by atoms with Crippen molar-refractivity contribution in [1.29, 1.82) is 0 Å². The zero-order valence-electron chi connectivity index (χ0n) is 18.4. The van der Waals surface area contributed by atoms with Gasteiger partial charge in [0.2, 0.25) is 5.82 Å². The topological polar surface area (TPSA) is 109 Å². The van der Waals surface area contributed by atoms with Gasteiger partial charge in [-0.1, -0.05) is 24.2 Å². The van der Waals surface area contributed by atoms with Crippen molar-refractivity contribution >= 4 is 17.0 Å². The van der Waals surface area contributed by atoms with Gasteiger partial charge in [0, 0.05) is 41.9 Å². The van der Waals surface area contributed by atoms with Gasteiger partial charge in [0.25, 0.3) is 5.89 Å². The summed E-state index contributed by atoms with van der Waals surface area (Å²) in [5.41, 5.74) is 3.43. The lowest BCUT2D eigenvalue weighted by molar-refractivity contribution is -0.143. The van der Waals surface area contributed by atoms with Gasteiger partial charge in [-0.05, 0) is 37.3 Å². The van der Waals surface area contributed by atoms with Crippen LogP contribution in [0, 0.1) is 5.41 Å². The summed E-state index contributed by atoms with van der Waals surface area (Å²) in [6.45, 7) is 7.16. The summed E-state index contributed by atoms with van der Waals surface area (Å²) in [4.78, 5) is 20.7. The molecule has 0 aliphatic heterocycles. The SMILES string of the molecule is CCOC(=O)CCn1ccc2cc(-c3noc(-c4noc5c4CCC(C)(C)C5)n3)cnc21. The third kappa shape index (κ3) is 3.79. The van der Waals surface area contributed by atoms with Crippen LogP contribution in [-0.4, -0.2) is 37.4 Å². The number of pyridine rings is 1. The Morgan fingerprint density at radius 3 is 3.00 bits per heavy atom. The fourth-order valence-electron chi connectivity index (χ4n) is 4.16. The van der Waals surface area contributed by atoms with E-state index in [1.165, 1.54) is 0 Å². The number of hydrogen-bond donors (Lipinski definition) is 0. The third-order valence-corrected chi connectivity index (χ3v) is 5.91. The lowest BCUT2D eigenvalue weighted by Crippen LogP contribution is -2.21. The molecule has 0 atom stereocenters. The van der Waals surface area contributed by atoms with Crippen LogP contribution in [0.3, 0.4) is 0 Å². The van der Waals surface area contributed by atoms with Crippen molar-refractivity contribution in [2.45, 2.75) is 53.0 Å². The van der Waals surface area contributed by atoms with Gasteiger partial charge in [0.15, 0.2) is 5.69 Å². The number of carbonyl (C=O) groups is 1. The molecule has 0 fully saturated rings. The average molecular weight is 435 g/mol. The first kappa shape index (κ1) is 20.4. The summed E-state index contributed by atoms with van der Waals surface area (Å²) in [5.74, 6) is 1.49. The van der Waals surface area contributed by atoms with Crippen LogP contribution in [0.25, 0.3) is 34.0 Å². The zero-order valence-corrected chi connectivity index (χ0v) is 18.4. The van der Waals surface area contributed by atoms with Crippen LogP contribution in [0.5, 0.6) is 0 Å². The normalized spacial score (nSPS) is 15.1. The summed E-state index contributed by atoms with van der Waals surface area (Å²) in [5, 5.41) is 9.28. The van der Waals surface area contributed by atoms with Crippen LogP contribution in [0.15, 0.2) is 33.6 Å². The molecule has 4 heterocycles. The van der Waals surface area contributed by atoms with E-state index >= 15 is 0 Å². The predicted molar refractivity (Wildman–Crippen MR) is 116 cm³/mol. The molecule has 4 aromatic heterocycles. The first-order chi connectivity index (χ1) is 15.4. The number of aromatic nitrogens is 5. The second kappa shape index (κ2) is 7.89. The highest BCUT2D eigenvalue weighted by Crippen LogP contribution is 2.38. The molecule has 1 aliphatic rings. The Labute approximate surface area is 184 Å². The lowest BCUT2D eigenvalue weighted by Gasteiger charge is -2.27. The number of nitrogens with zero attached hydrogens (tertiary/aromatic N) is 5. The molecule has 9 heteroatoms. The smallest absolute Gasteiger partial charge is 0.307 e. The van der Waals surface area contributed by atoms with E-state index in [-0.39, 0.29) is 11.4 Å². The molecular formula is C23H25N5O4. The fraction of sp³-hybridized carbons (Fsp3) is 0.435. The van der Waals surface area contributed by atoms with E-state index in [0.717, 1.165) is 47.2 Å². The summed E-state index contributed by atoms with van der Waals surface area (Å²) in [6.07, 6.45) is 6.71. The van der Waals surface area contributed by atoms with Crippen LogP contribution >= 0.6 is 0 Å². The molecule has 0 unspecified atom stereocenters. The van der Waals surface area contributed by atoms with Crippen molar-refractivity contribution in [3.05, 3.63) is 35.9 Å². The molecule has 0 radical (unpaired) electrons. The van der Waals surface area contributed by atoms with Gasteiger partial charge in [0.05, 0.1) is 13.0 Å². The molecule has 4 aromatic rings. The first-order valence-electron chi connectivity index (χ1n) is 10.9. The highest BCUT2D eigenvalue weighted by Gasteiger charge is 2.32. The molecule has 0 amide bonds. The van der Waals surface area contributed by atoms with Crippen LogP contribution < -0.4 is 0 Å². The summed E-state index contributed by atoms with van der Waals surface area (Å²) >= 11 is 0. The second-order valence-corrected chi connectivity index (χ2v) is 8.90. The third-order valence-electron chi connectivity index (χ3n) is 5.91. The van der Waals surface area contributed by atoms with E-state index in [1.54, 1.807) is 13.1 Å². The van der Waals surface area contributed by atoms with Crippen molar-refractivity contribution in [1.82, 2.24) is 24.8 Å².